The van der Waals surface area contributed by atoms with Crippen LogP contribution in [0.2, 0.25) is 6.80 Å². The number of hydrogen-bond donors (Lipinski definition) is 0. The molecular formula is CH3BCl2P. The maximum Gasteiger partial charge on any atom is 0.185 e. The zero-order chi connectivity index (χ0) is 4.99. The van der Waals surface area contributed by atoms with E-state index in [1.54, 1.807) is 7.00 Å². The summed E-state index contributed by atoms with van der Waals surface area (Å²) in [5.41, 5.74) is 0. The molecule has 0 aromatic heterocycles. The van der Waals surface area contributed by atoms with Gasteiger partial charge < -0.3 is 0 Å². The smallest absolute Gasteiger partial charge is 0.0899 e. The van der Waals surface area contributed by atoms with E-state index in [1.165, 1.54) is 0 Å². The normalized spacial score (nSPS) is 11.4. The van der Waals surface area contributed by atoms with Gasteiger partial charge in [-0.25, -0.2) is 0 Å². The van der Waals surface area contributed by atoms with Crippen LogP contribution in [-0.2, 0) is 0 Å². The van der Waals surface area contributed by atoms with Crippen molar-refractivity contribution in [3.63, 3.8) is 0 Å². The Kier molecular flexibility index (Phi) is 2.77. The summed E-state index contributed by atoms with van der Waals surface area (Å²) in [4.78, 5) is 0. The SMILES string of the molecule is [2H]C[B]P(Cl)Cl. The summed E-state index contributed by atoms with van der Waals surface area (Å²) in [5.74, 6) is 0. The van der Waals surface area contributed by atoms with E-state index in [4.69, 9.17) is 23.9 Å². The quantitative estimate of drug-likeness (QED) is 0.376. The predicted molar refractivity (Wildman–Crippen MR) is 30.2 cm³/mol. The van der Waals surface area contributed by atoms with Crippen LogP contribution in [0.15, 0.2) is 0 Å². The third kappa shape index (κ3) is 5.07. The highest BCUT2D eigenvalue weighted by Crippen LogP contribution is 2.43. The van der Waals surface area contributed by atoms with Gasteiger partial charge in [-0.3, -0.25) is 0 Å². The highest BCUT2D eigenvalue weighted by Gasteiger charge is 1.89. The lowest BCUT2D eigenvalue weighted by atomic mass is 10.2. The Morgan fingerprint density at radius 1 is 2.00 bits per heavy atom. The van der Waals surface area contributed by atoms with Crippen LogP contribution >= 0.6 is 29.0 Å². The van der Waals surface area contributed by atoms with Crippen molar-refractivity contribution < 1.29 is 1.37 Å². The van der Waals surface area contributed by atoms with E-state index in [2.05, 4.69) is 0 Å². The van der Waals surface area contributed by atoms with E-state index in [-0.39, 0.29) is 6.80 Å². The van der Waals surface area contributed by atoms with Crippen LogP contribution in [0.1, 0.15) is 1.37 Å². The molecule has 0 aliphatic rings. The Morgan fingerprint density at radius 3 is 2.60 bits per heavy atom. The van der Waals surface area contributed by atoms with Gasteiger partial charge in [0.05, 0.1) is 0 Å². The van der Waals surface area contributed by atoms with Gasteiger partial charge in [-0.05, 0) is 0 Å². The molecule has 0 fully saturated rings. The molecule has 0 amide bonds. The Labute approximate surface area is 44.8 Å². The number of hydrogen-bond acceptors (Lipinski definition) is 0. The van der Waals surface area contributed by atoms with Crippen molar-refractivity contribution in [1.29, 1.82) is 0 Å². The Balaban J connectivity index is 2.63. The van der Waals surface area contributed by atoms with Crippen LogP contribution in [0.5, 0.6) is 0 Å². The lowest BCUT2D eigenvalue weighted by Gasteiger charge is -1.82. The van der Waals surface area contributed by atoms with E-state index in [9.17, 15) is 0 Å². The van der Waals surface area contributed by atoms with Gasteiger partial charge in [0.15, 0.2) is 7.00 Å². The molecule has 0 aromatic carbocycles. The molecular weight excluding hydrogens is 125 g/mol. The van der Waals surface area contributed by atoms with Crippen LogP contribution in [0.3, 0.4) is 0 Å². The molecule has 0 aromatic rings. The highest BCUT2D eigenvalue weighted by atomic mass is 35.9. The minimum atomic E-state index is -0.969. The molecule has 0 aliphatic heterocycles. The first-order valence-corrected chi connectivity index (χ1v) is 4.23. The molecule has 0 N–H and O–H groups in total. The second kappa shape index (κ2) is 3.27. The first-order chi connectivity index (χ1) is 2.77. The molecule has 0 aliphatic carbocycles. The predicted octanol–water partition coefficient (Wildman–Crippen LogP) is 2.44. The highest BCUT2D eigenvalue weighted by molar-refractivity contribution is 8.21. The minimum Gasteiger partial charge on any atom is -0.0899 e. The molecule has 0 heterocycles. The van der Waals surface area contributed by atoms with Gasteiger partial charge in [-0.1, -0.05) is 29.3 Å². The average molecular weight is 129 g/mol. The van der Waals surface area contributed by atoms with Gasteiger partial charge in [0, 0.05) is 7.88 Å². The van der Waals surface area contributed by atoms with E-state index < -0.39 is 6.51 Å². The van der Waals surface area contributed by atoms with Crippen molar-refractivity contribution >= 4 is 36.0 Å². The molecule has 0 atom stereocenters. The van der Waals surface area contributed by atoms with Gasteiger partial charge in [0.1, 0.15) is 0 Å². The van der Waals surface area contributed by atoms with Crippen LogP contribution in [0.25, 0.3) is 0 Å². The van der Waals surface area contributed by atoms with E-state index >= 15 is 0 Å². The molecule has 0 saturated carbocycles. The summed E-state index contributed by atoms with van der Waals surface area (Å²) in [7, 11) is 0. The summed E-state index contributed by atoms with van der Waals surface area (Å²) in [6, 6.07) is 0. The molecule has 0 saturated heterocycles. The Hall–Kier alpha value is 1.07. The van der Waals surface area contributed by atoms with Crippen molar-refractivity contribution in [2.75, 3.05) is 0 Å². The summed E-state index contributed by atoms with van der Waals surface area (Å²) >= 11 is 10.5. The van der Waals surface area contributed by atoms with Gasteiger partial charge >= 0.3 is 0 Å². The molecule has 0 bridgehead atoms. The molecule has 0 nitrogen and oxygen atoms in total. The second-order valence-electron chi connectivity index (χ2n) is 0.442. The maximum atomic E-state index is 6.52. The Morgan fingerprint density at radius 2 is 2.60 bits per heavy atom. The van der Waals surface area contributed by atoms with Crippen LogP contribution in [0, 0.1) is 0 Å². The maximum absolute atomic E-state index is 6.52. The fourth-order valence-electron chi connectivity index (χ4n) is 0. The molecule has 0 spiro atoms. The van der Waals surface area contributed by atoms with Crippen molar-refractivity contribution in [2.45, 2.75) is 6.80 Å². The summed E-state index contributed by atoms with van der Waals surface area (Å²) in [5, 5.41) is 0. The molecule has 1 radical (unpaired) electrons. The first kappa shape index (κ1) is 4.24. The van der Waals surface area contributed by atoms with E-state index in [0.29, 0.717) is 0 Å². The standard InChI is InChI=1S/CH3BCl2P/c1-2-5(3)4/h1H3/i1D. The number of rotatable bonds is 1. The number of halogens is 2. The Bertz CT molecular complexity index is 34.7. The molecule has 0 unspecified atom stereocenters. The third-order valence-electron chi connectivity index (χ3n) is 0.138. The first-order valence-electron chi connectivity index (χ1n) is 1.71. The van der Waals surface area contributed by atoms with Crippen molar-refractivity contribution in [3.8, 4) is 0 Å². The van der Waals surface area contributed by atoms with Gasteiger partial charge in [0.25, 0.3) is 0 Å². The van der Waals surface area contributed by atoms with E-state index in [1.807, 2.05) is 0 Å². The fraction of sp³-hybridized carbons (Fsp3) is 1.00. The largest absolute Gasteiger partial charge is 0.185 e. The monoisotopic (exact) mass is 128 g/mol. The molecule has 5 heavy (non-hydrogen) atoms. The fourth-order valence-corrected chi connectivity index (χ4v) is 0. The molecule has 4 heteroatoms. The van der Waals surface area contributed by atoms with Gasteiger partial charge in [-0.15, -0.1) is 0 Å². The molecule has 0 rings (SSSR count). The average Bonchev–Trinajstić information content (AvgIpc) is 1.35. The van der Waals surface area contributed by atoms with Gasteiger partial charge in [-0.2, -0.15) is 0 Å². The van der Waals surface area contributed by atoms with Gasteiger partial charge in [0.2, 0.25) is 0 Å². The summed E-state index contributed by atoms with van der Waals surface area (Å²) < 4.78 is 6.52. The summed E-state index contributed by atoms with van der Waals surface area (Å²) in [6.45, 7) is 0.806. The van der Waals surface area contributed by atoms with E-state index in [0.717, 1.165) is 0 Å². The van der Waals surface area contributed by atoms with Crippen molar-refractivity contribution in [1.82, 2.24) is 0 Å². The van der Waals surface area contributed by atoms with Crippen molar-refractivity contribution in [3.05, 3.63) is 0 Å². The third-order valence-corrected chi connectivity index (χ3v) is 1.24. The second-order valence-corrected chi connectivity index (χ2v) is 4.03. The topological polar surface area (TPSA) is 0 Å². The minimum absolute atomic E-state index is 0.221. The lowest BCUT2D eigenvalue weighted by Crippen LogP contribution is -1.58. The lowest BCUT2D eigenvalue weighted by molar-refractivity contribution is 2.37. The summed E-state index contributed by atoms with van der Waals surface area (Å²) in [6.07, 6.45) is 0. The van der Waals surface area contributed by atoms with Crippen molar-refractivity contribution in [2.24, 2.45) is 0 Å². The van der Waals surface area contributed by atoms with Crippen LogP contribution < -0.4 is 0 Å². The zero-order valence-electron chi connectivity index (χ0n) is 3.49. The van der Waals surface area contributed by atoms with Crippen LogP contribution in [0.4, 0.5) is 0 Å². The molecule has 29 valence electrons. The zero-order valence-corrected chi connectivity index (χ0v) is 4.89. The van der Waals surface area contributed by atoms with Crippen LogP contribution in [-0.4, -0.2) is 7.00 Å².